The Morgan fingerprint density at radius 2 is 1.50 bits per heavy atom. The van der Waals surface area contributed by atoms with Gasteiger partial charge in [-0.25, -0.2) is 9.79 Å². The minimum absolute atomic E-state index is 0.435. The first-order chi connectivity index (χ1) is 11.6. The van der Waals surface area contributed by atoms with Crippen LogP contribution in [0.2, 0.25) is 0 Å². The van der Waals surface area contributed by atoms with Crippen LogP contribution in [-0.2, 0) is 4.79 Å². The van der Waals surface area contributed by atoms with Crippen molar-refractivity contribution in [1.29, 1.82) is 0 Å². The summed E-state index contributed by atoms with van der Waals surface area (Å²) in [7, 11) is 0. The summed E-state index contributed by atoms with van der Waals surface area (Å²) in [5, 5.41) is 21.1. The van der Waals surface area contributed by atoms with E-state index in [0.717, 1.165) is 12.8 Å². The number of aliphatic imine (C=N–C) groups is 1. The number of unbranched alkanes of at least 4 members (excludes halogenated alkanes) is 11. The van der Waals surface area contributed by atoms with Crippen LogP contribution < -0.4 is 0 Å². The van der Waals surface area contributed by atoms with Gasteiger partial charge in [0.25, 0.3) is 0 Å². The van der Waals surface area contributed by atoms with Gasteiger partial charge in [0, 0.05) is 6.42 Å². The summed E-state index contributed by atoms with van der Waals surface area (Å²) in [5.74, 6) is -0.650. The van der Waals surface area contributed by atoms with E-state index in [1.807, 2.05) is 0 Å². The number of carbonyl (C=O) groups is 1. The molecule has 0 saturated heterocycles. The van der Waals surface area contributed by atoms with Gasteiger partial charge in [0.2, 0.25) is 5.84 Å². The van der Waals surface area contributed by atoms with Gasteiger partial charge in [-0.05, 0) is 6.42 Å². The van der Waals surface area contributed by atoms with Gasteiger partial charge >= 0.3 is 5.97 Å². The summed E-state index contributed by atoms with van der Waals surface area (Å²) < 4.78 is -0.909. The minimum Gasteiger partial charge on any atom is -0.621 e. The maximum Gasteiger partial charge on any atom is 0.360 e. The number of hydroxylamine groups is 3. The molecule has 138 valence electrons. The third kappa shape index (κ3) is 8.60. The van der Waals surface area contributed by atoms with E-state index in [1.54, 1.807) is 0 Å². The average Bonchev–Trinajstić information content (AvgIpc) is 2.88. The van der Waals surface area contributed by atoms with Gasteiger partial charge in [0.05, 0.1) is 6.20 Å². The summed E-state index contributed by atoms with van der Waals surface area (Å²) in [6.45, 7) is 1.78. The molecule has 1 rings (SSSR count). The Kier molecular flexibility index (Phi) is 10.6. The lowest BCUT2D eigenvalue weighted by Crippen LogP contribution is -2.44. The molecule has 24 heavy (non-hydrogen) atoms. The molecule has 0 amide bonds. The fourth-order valence-corrected chi connectivity index (χ4v) is 3.13. The number of carboxylic acids is 1. The maximum atomic E-state index is 12.3. The van der Waals surface area contributed by atoms with Gasteiger partial charge < -0.3 is 10.3 Å². The van der Waals surface area contributed by atoms with Crippen molar-refractivity contribution in [1.82, 2.24) is 0 Å². The van der Waals surface area contributed by atoms with Gasteiger partial charge in [-0.1, -0.05) is 77.6 Å². The predicted octanol–water partition coefficient (Wildman–Crippen LogP) is 5.36. The van der Waals surface area contributed by atoms with E-state index in [9.17, 15) is 10.0 Å². The first kappa shape index (κ1) is 20.8. The van der Waals surface area contributed by atoms with Crippen molar-refractivity contribution in [3.05, 3.63) is 17.6 Å². The Morgan fingerprint density at radius 3 is 2.00 bits per heavy atom. The quantitative estimate of drug-likeness (QED) is 0.248. The molecule has 1 aliphatic rings. The van der Waals surface area contributed by atoms with Crippen LogP contribution in [0.5, 0.6) is 0 Å². The van der Waals surface area contributed by atoms with Crippen LogP contribution in [0.15, 0.2) is 17.4 Å². The lowest BCUT2D eigenvalue weighted by molar-refractivity contribution is -0.723. The summed E-state index contributed by atoms with van der Waals surface area (Å²) in [6, 6.07) is 0. The molecule has 0 aliphatic carbocycles. The minimum atomic E-state index is -1.08. The molecule has 1 N–H and O–H groups in total. The highest BCUT2D eigenvalue weighted by Crippen LogP contribution is 2.20. The van der Waals surface area contributed by atoms with Crippen LogP contribution in [0.25, 0.3) is 0 Å². The van der Waals surface area contributed by atoms with Crippen molar-refractivity contribution in [3.63, 3.8) is 0 Å². The third-order valence-electron chi connectivity index (χ3n) is 4.59. The number of quaternary nitrogens is 1. The number of aliphatic carboxylic acids is 1. The first-order valence-electron chi connectivity index (χ1n) is 9.64. The second-order valence-corrected chi connectivity index (χ2v) is 6.83. The monoisotopic (exact) mass is 338 g/mol. The zero-order chi connectivity index (χ0) is 17.7. The van der Waals surface area contributed by atoms with Crippen molar-refractivity contribution < 1.29 is 14.5 Å². The van der Waals surface area contributed by atoms with Gasteiger partial charge in [-0.3, -0.25) is 4.65 Å². The SMILES string of the molecule is CCCCCCCCCCCCCCC1=NC=C[N+]1([O-])CC(=O)O. The lowest BCUT2D eigenvalue weighted by atomic mass is 10.0. The molecule has 5 nitrogen and oxygen atoms in total. The summed E-state index contributed by atoms with van der Waals surface area (Å²) in [4.78, 5) is 14.8. The molecule has 0 spiro atoms. The molecule has 0 aromatic carbocycles. The highest BCUT2D eigenvalue weighted by atomic mass is 16.6. The van der Waals surface area contributed by atoms with Crippen LogP contribution in [0, 0.1) is 5.21 Å². The first-order valence-corrected chi connectivity index (χ1v) is 9.64. The molecule has 5 heteroatoms. The number of hydrogen-bond acceptors (Lipinski definition) is 3. The zero-order valence-electron chi connectivity index (χ0n) is 15.2. The fraction of sp³-hybridized carbons (Fsp3) is 0.789. The van der Waals surface area contributed by atoms with Crippen molar-refractivity contribution in [2.45, 2.75) is 90.4 Å². The van der Waals surface area contributed by atoms with E-state index in [1.165, 1.54) is 76.6 Å². The molecule has 1 atom stereocenters. The van der Waals surface area contributed by atoms with E-state index in [4.69, 9.17) is 5.11 Å². The zero-order valence-corrected chi connectivity index (χ0v) is 15.2. The smallest absolute Gasteiger partial charge is 0.360 e. The Bertz CT molecular complexity index is 421. The number of amidine groups is 1. The second-order valence-electron chi connectivity index (χ2n) is 6.83. The normalized spacial score (nSPS) is 19.7. The van der Waals surface area contributed by atoms with Crippen molar-refractivity contribution in [2.24, 2.45) is 4.99 Å². The number of carboxylic acid groups (broad SMARTS) is 1. The van der Waals surface area contributed by atoms with Crippen molar-refractivity contribution in [2.75, 3.05) is 6.54 Å². The Labute approximate surface area is 146 Å². The summed E-state index contributed by atoms with van der Waals surface area (Å²) in [6.07, 6.45) is 18.6. The highest BCUT2D eigenvalue weighted by Gasteiger charge is 2.28. The van der Waals surface area contributed by atoms with Crippen LogP contribution in [0.4, 0.5) is 0 Å². The standard InChI is InChI=1S/C19H34N2O3/c1-2-3-4-5-6-7-8-9-10-11-12-13-14-18-20-15-16-21(18,24)17-19(22)23/h15-16H,2-14,17H2,1H3,(H,22,23). The molecule has 0 fully saturated rings. The summed E-state index contributed by atoms with van der Waals surface area (Å²) in [5.41, 5.74) is 0. The second kappa shape index (κ2) is 12.2. The van der Waals surface area contributed by atoms with Gasteiger partial charge in [0.1, 0.15) is 6.20 Å². The van der Waals surface area contributed by atoms with E-state index in [0.29, 0.717) is 12.3 Å². The van der Waals surface area contributed by atoms with E-state index < -0.39 is 17.2 Å². The molecule has 0 saturated carbocycles. The number of hydrogen-bond donors (Lipinski definition) is 1. The highest BCUT2D eigenvalue weighted by molar-refractivity contribution is 5.81. The molecule has 0 aromatic rings. The Hall–Kier alpha value is -1.20. The van der Waals surface area contributed by atoms with Crippen LogP contribution in [0.3, 0.4) is 0 Å². The molecule has 1 unspecified atom stereocenters. The molecule has 0 bridgehead atoms. The average molecular weight is 338 g/mol. The Balaban J connectivity index is 1.96. The van der Waals surface area contributed by atoms with Crippen LogP contribution >= 0.6 is 0 Å². The molecule has 0 aromatic heterocycles. The predicted molar refractivity (Wildman–Crippen MR) is 98.4 cm³/mol. The van der Waals surface area contributed by atoms with Crippen molar-refractivity contribution in [3.8, 4) is 0 Å². The van der Waals surface area contributed by atoms with Gasteiger partial charge in [-0.2, -0.15) is 0 Å². The maximum absolute atomic E-state index is 12.3. The number of rotatable bonds is 15. The summed E-state index contributed by atoms with van der Waals surface area (Å²) >= 11 is 0. The molecule has 0 radical (unpaired) electrons. The molecule has 1 aliphatic heterocycles. The van der Waals surface area contributed by atoms with Gasteiger partial charge in [-0.15, -0.1) is 0 Å². The fourth-order valence-electron chi connectivity index (χ4n) is 3.13. The van der Waals surface area contributed by atoms with Crippen LogP contribution in [-0.4, -0.2) is 28.1 Å². The molecule has 1 heterocycles. The third-order valence-corrected chi connectivity index (χ3v) is 4.59. The van der Waals surface area contributed by atoms with E-state index in [-0.39, 0.29) is 0 Å². The van der Waals surface area contributed by atoms with Crippen molar-refractivity contribution >= 4 is 11.8 Å². The van der Waals surface area contributed by atoms with Crippen LogP contribution in [0.1, 0.15) is 90.4 Å². The number of nitrogens with zero attached hydrogens (tertiary/aromatic N) is 2. The van der Waals surface area contributed by atoms with E-state index >= 15 is 0 Å². The van der Waals surface area contributed by atoms with Gasteiger partial charge in [0.15, 0.2) is 6.54 Å². The molecular weight excluding hydrogens is 304 g/mol. The topological polar surface area (TPSA) is 72.7 Å². The lowest BCUT2D eigenvalue weighted by Gasteiger charge is -2.34. The largest absolute Gasteiger partial charge is 0.621 e. The Morgan fingerprint density at radius 1 is 1.00 bits per heavy atom. The van der Waals surface area contributed by atoms with E-state index in [2.05, 4.69) is 11.9 Å². The molecular formula is C19H34N2O3.